The van der Waals surface area contributed by atoms with E-state index in [0.29, 0.717) is 21.9 Å². The van der Waals surface area contributed by atoms with Crippen LogP contribution in [0.5, 0.6) is 11.5 Å². The van der Waals surface area contributed by atoms with Gasteiger partial charge >= 0.3 is 29.6 Å². The van der Waals surface area contributed by atoms with E-state index < -0.39 is 11.2 Å². The van der Waals surface area contributed by atoms with Crippen LogP contribution in [0.25, 0.3) is 21.5 Å². The fourth-order valence-electron chi connectivity index (χ4n) is 2.99. The van der Waals surface area contributed by atoms with Gasteiger partial charge in [0.05, 0.1) is 11.4 Å². The number of carboxylic acids is 1. The predicted octanol–water partition coefficient (Wildman–Crippen LogP) is -2.51. The van der Waals surface area contributed by atoms with Crippen LogP contribution in [-0.4, -0.2) is 18.0 Å². The summed E-state index contributed by atoms with van der Waals surface area (Å²) in [7, 11) is 0. The number of benzene rings is 3. The summed E-state index contributed by atoms with van der Waals surface area (Å²) in [6.07, 6.45) is 0. The first kappa shape index (κ1) is 17.0. The van der Waals surface area contributed by atoms with Crippen molar-refractivity contribution >= 4 is 33.2 Å². The van der Waals surface area contributed by atoms with Crippen molar-refractivity contribution in [2.45, 2.75) is 0 Å². The molecule has 0 saturated heterocycles. The van der Waals surface area contributed by atoms with Crippen LogP contribution < -0.4 is 49.4 Å². The summed E-state index contributed by atoms with van der Waals surface area (Å²) in [5, 5.41) is 33.3. The molecule has 0 bridgehead atoms. The zero-order valence-electron chi connectivity index (χ0n) is 12.7. The van der Waals surface area contributed by atoms with Crippen molar-refractivity contribution in [1.29, 1.82) is 0 Å². The molecule has 0 saturated carbocycles. The number of quaternary nitrogens is 1. The molecular weight excluding hydrogens is 325 g/mol. The molecule has 1 aliphatic heterocycles. The molecule has 1 unspecified atom stereocenters. The first-order valence-electron chi connectivity index (χ1n) is 6.80. The standard InChI is InChI=1S/C16H11NO6.Na/c18-16(19)10-6-12-15(23-7-22-12)14-9-4-2-1-3-8(9)5-11(13(10)14)17(20)21;/h1-6,17,20H,7H2,(H,18,19);/q;+1/p-1. The van der Waals surface area contributed by atoms with Gasteiger partial charge in [0.15, 0.2) is 17.2 Å². The fourth-order valence-corrected chi connectivity index (χ4v) is 2.99. The van der Waals surface area contributed by atoms with Gasteiger partial charge in [0.25, 0.3) is 0 Å². The Balaban J connectivity index is 0.00000169. The van der Waals surface area contributed by atoms with Crippen molar-refractivity contribution < 1.29 is 59.4 Å². The van der Waals surface area contributed by atoms with Crippen LogP contribution in [0, 0.1) is 5.21 Å². The molecule has 0 aromatic heterocycles. The molecule has 1 atom stereocenters. The van der Waals surface area contributed by atoms with Crippen LogP contribution in [0.4, 0.5) is 5.69 Å². The maximum absolute atomic E-state index is 11.6. The first-order chi connectivity index (χ1) is 11.1. The summed E-state index contributed by atoms with van der Waals surface area (Å²) in [6, 6.07) is 9.81. The van der Waals surface area contributed by atoms with Crippen LogP contribution in [0.3, 0.4) is 0 Å². The molecule has 1 heterocycles. The predicted molar refractivity (Wildman–Crippen MR) is 77.7 cm³/mol. The minimum Gasteiger partial charge on any atom is -0.595 e. The van der Waals surface area contributed by atoms with Crippen molar-refractivity contribution in [3.05, 3.63) is 47.2 Å². The number of carboxylic acid groups (broad SMARTS) is 1. The second-order valence-corrected chi connectivity index (χ2v) is 5.15. The van der Waals surface area contributed by atoms with E-state index in [4.69, 9.17) is 9.47 Å². The van der Waals surface area contributed by atoms with Crippen LogP contribution >= 0.6 is 0 Å². The first-order valence-corrected chi connectivity index (χ1v) is 6.80. The summed E-state index contributed by atoms with van der Waals surface area (Å²) in [4.78, 5) is 11.5. The third kappa shape index (κ3) is 2.42. The topological polar surface area (TPSA) is 106 Å². The normalized spacial score (nSPS) is 13.8. The molecule has 0 spiro atoms. The molecule has 8 heteroatoms. The van der Waals surface area contributed by atoms with Crippen molar-refractivity contribution in [2.24, 2.45) is 0 Å². The van der Waals surface area contributed by atoms with Gasteiger partial charge in [-0.1, -0.05) is 24.3 Å². The number of ether oxygens (including phenoxy) is 2. The third-order valence-electron chi connectivity index (χ3n) is 3.91. The molecule has 2 N–H and O–H groups in total. The van der Waals surface area contributed by atoms with Crippen LogP contribution in [0.15, 0.2) is 36.4 Å². The molecule has 3 aromatic carbocycles. The Morgan fingerprint density at radius 3 is 2.62 bits per heavy atom. The maximum atomic E-state index is 11.6. The number of aromatic carboxylic acids is 1. The van der Waals surface area contributed by atoms with E-state index in [1.807, 2.05) is 0 Å². The largest absolute Gasteiger partial charge is 1.00 e. The molecule has 0 fully saturated rings. The molecule has 4 rings (SSSR count). The van der Waals surface area contributed by atoms with E-state index in [1.54, 1.807) is 24.3 Å². The Kier molecular flexibility index (Phi) is 4.39. The second-order valence-electron chi connectivity index (χ2n) is 5.15. The SMILES string of the molecule is O=C([O-])c1cc2c(c3c1c([NH+]([O-])O)cc1ccccc13)OCO2.[Na+]. The van der Waals surface area contributed by atoms with Gasteiger partial charge in [0.1, 0.15) is 0 Å². The van der Waals surface area contributed by atoms with Gasteiger partial charge in [0.2, 0.25) is 6.79 Å². The van der Waals surface area contributed by atoms with Gasteiger partial charge in [-0.3, -0.25) is 0 Å². The minimum absolute atomic E-state index is 0. The van der Waals surface area contributed by atoms with Crippen LogP contribution in [0.2, 0.25) is 0 Å². The van der Waals surface area contributed by atoms with Crippen LogP contribution in [-0.2, 0) is 0 Å². The zero-order chi connectivity index (χ0) is 16.1. The summed E-state index contributed by atoms with van der Waals surface area (Å²) >= 11 is 0. The molecule has 0 amide bonds. The Morgan fingerprint density at radius 1 is 1.17 bits per heavy atom. The van der Waals surface area contributed by atoms with Crippen LogP contribution in [0.1, 0.15) is 10.4 Å². The van der Waals surface area contributed by atoms with E-state index in [0.717, 1.165) is 0 Å². The molecular formula is C16H10NNaO6. The summed E-state index contributed by atoms with van der Waals surface area (Å²) in [6.45, 7) is -0.0490. The molecule has 1 aliphatic rings. The van der Waals surface area contributed by atoms with Gasteiger partial charge < -0.3 is 24.6 Å². The van der Waals surface area contributed by atoms with Crippen molar-refractivity contribution in [2.75, 3.05) is 6.79 Å². The van der Waals surface area contributed by atoms with Crippen molar-refractivity contribution in [3.63, 3.8) is 0 Å². The van der Waals surface area contributed by atoms with E-state index >= 15 is 0 Å². The van der Waals surface area contributed by atoms with E-state index in [9.17, 15) is 20.3 Å². The quantitative estimate of drug-likeness (QED) is 0.304. The van der Waals surface area contributed by atoms with Gasteiger partial charge in [-0.15, -0.1) is 0 Å². The number of nitrogens with one attached hydrogen (secondary N) is 1. The van der Waals surface area contributed by atoms with Gasteiger partial charge in [0, 0.05) is 17.0 Å². The van der Waals surface area contributed by atoms with Crippen molar-refractivity contribution in [3.8, 4) is 11.5 Å². The summed E-state index contributed by atoms with van der Waals surface area (Å²) in [5.41, 5.74) is -0.344. The number of carbonyl (C=O) groups excluding carboxylic acids is 1. The Labute approximate surface area is 157 Å². The number of rotatable bonds is 2. The van der Waals surface area contributed by atoms with Gasteiger partial charge in [-0.05, 0) is 16.8 Å². The maximum Gasteiger partial charge on any atom is 1.00 e. The summed E-state index contributed by atoms with van der Waals surface area (Å²) < 4.78 is 10.7. The summed E-state index contributed by atoms with van der Waals surface area (Å²) in [5.74, 6) is -0.847. The molecule has 7 nitrogen and oxygen atoms in total. The fraction of sp³-hybridized carbons (Fsp3) is 0.0625. The monoisotopic (exact) mass is 335 g/mol. The molecule has 0 radical (unpaired) electrons. The molecule has 0 aliphatic carbocycles. The van der Waals surface area contributed by atoms with E-state index in [2.05, 4.69) is 0 Å². The average molecular weight is 335 g/mol. The Hall–Kier alpha value is -1.87. The minimum atomic E-state index is -1.47. The second kappa shape index (κ2) is 6.21. The van der Waals surface area contributed by atoms with Gasteiger partial charge in [-0.2, -0.15) is 5.23 Å². The van der Waals surface area contributed by atoms with E-state index in [1.165, 1.54) is 12.1 Å². The Bertz CT molecular complexity index is 972. The zero-order valence-corrected chi connectivity index (χ0v) is 14.7. The van der Waals surface area contributed by atoms with Gasteiger partial charge in [-0.25, -0.2) is 5.21 Å². The Morgan fingerprint density at radius 2 is 1.92 bits per heavy atom. The third-order valence-corrected chi connectivity index (χ3v) is 3.91. The number of fused-ring (bicyclic) bond motifs is 5. The molecule has 116 valence electrons. The number of hydrogen-bond donors (Lipinski definition) is 2. The van der Waals surface area contributed by atoms with E-state index in [-0.39, 0.29) is 58.7 Å². The smallest absolute Gasteiger partial charge is 0.595 e. The molecule has 24 heavy (non-hydrogen) atoms. The van der Waals surface area contributed by atoms with Crippen molar-refractivity contribution in [1.82, 2.24) is 0 Å². The molecule has 3 aromatic rings. The average Bonchev–Trinajstić information content (AvgIpc) is 3.00. The number of hydrogen-bond acceptors (Lipinski definition) is 6. The number of carbonyl (C=O) groups is 1.